The van der Waals surface area contributed by atoms with Crippen molar-refractivity contribution in [2.45, 2.75) is 0 Å². The lowest BCUT2D eigenvalue weighted by atomic mass is 10.2. The van der Waals surface area contributed by atoms with Crippen molar-refractivity contribution in [1.82, 2.24) is 0 Å². The first-order valence-corrected chi connectivity index (χ1v) is 6.24. The molecule has 1 nitrogen and oxygen atoms in total. The van der Waals surface area contributed by atoms with Crippen molar-refractivity contribution >= 4 is 17.7 Å². The van der Waals surface area contributed by atoms with E-state index in [1.165, 1.54) is 0 Å². The molecule has 0 aliphatic carbocycles. The molecule has 19 heavy (non-hydrogen) atoms. The van der Waals surface area contributed by atoms with E-state index in [1.54, 1.807) is 13.2 Å². The Hall–Kier alpha value is -2.17. The fourth-order valence-electron chi connectivity index (χ4n) is 1.54. The van der Waals surface area contributed by atoms with Crippen molar-refractivity contribution in [2.75, 3.05) is 7.11 Å². The summed E-state index contributed by atoms with van der Waals surface area (Å²) in [5.74, 6) is 6.87. The first kappa shape index (κ1) is 13.3. The summed E-state index contributed by atoms with van der Waals surface area (Å²) in [5, 5.41) is 0.727. The monoisotopic (exact) mass is 268 g/mol. The molecular formula is C17H13ClO. The third kappa shape index (κ3) is 3.91. The first-order chi connectivity index (χ1) is 9.29. The summed E-state index contributed by atoms with van der Waals surface area (Å²) in [6, 6.07) is 15.3. The van der Waals surface area contributed by atoms with Gasteiger partial charge in [0, 0.05) is 10.6 Å². The van der Waals surface area contributed by atoms with Crippen molar-refractivity contribution in [1.29, 1.82) is 0 Å². The average molecular weight is 269 g/mol. The Labute approximate surface area is 118 Å². The van der Waals surface area contributed by atoms with Crippen LogP contribution in [0.5, 0.6) is 5.75 Å². The van der Waals surface area contributed by atoms with E-state index in [2.05, 4.69) is 11.8 Å². The molecular weight excluding hydrogens is 256 g/mol. The smallest absolute Gasteiger partial charge is 0.118 e. The SMILES string of the molecule is COc1ccc(C#C/C=C/c2ccccc2Cl)cc1. The Morgan fingerprint density at radius 2 is 1.79 bits per heavy atom. The lowest BCUT2D eigenvalue weighted by molar-refractivity contribution is 0.415. The van der Waals surface area contributed by atoms with E-state index in [1.807, 2.05) is 54.6 Å². The van der Waals surface area contributed by atoms with E-state index in [0.717, 1.165) is 21.9 Å². The van der Waals surface area contributed by atoms with E-state index >= 15 is 0 Å². The minimum atomic E-state index is 0.727. The minimum Gasteiger partial charge on any atom is -0.497 e. The maximum atomic E-state index is 6.04. The summed E-state index contributed by atoms with van der Waals surface area (Å²) in [4.78, 5) is 0. The predicted octanol–water partition coefficient (Wildman–Crippen LogP) is 4.41. The van der Waals surface area contributed by atoms with Crippen LogP contribution >= 0.6 is 11.6 Å². The summed E-state index contributed by atoms with van der Waals surface area (Å²) in [6.07, 6.45) is 3.70. The van der Waals surface area contributed by atoms with Crippen molar-refractivity contribution in [2.24, 2.45) is 0 Å². The molecule has 2 rings (SSSR count). The van der Waals surface area contributed by atoms with Crippen LogP contribution < -0.4 is 4.74 Å². The topological polar surface area (TPSA) is 9.23 Å². The molecule has 94 valence electrons. The van der Waals surface area contributed by atoms with Crippen LogP contribution in [-0.4, -0.2) is 7.11 Å². The van der Waals surface area contributed by atoms with E-state index in [-0.39, 0.29) is 0 Å². The lowest BCUT2D eigenvalue weighted by Crippen LogP contribution is -1.81. The van der Waals surface area contributed by atoms with Crippen LogP contribution in [0, 0.1) is 11.8 Å². The van der Waals surface area contributed by atoms with Crippen LogP contribution in [0.15, 0.2) is 54.6 Å². The molecule has 0 spiro atoms. The molecule has 0 N–H and O–H groups in total. The van der Waals surface area contributed by atoms with Crippen LogP contribution in [0.25, 0.3) is 6.08 Å². The van der Waals surface area contributed by atoms with Crippen molar-refractivity contribution in [3.63, 3.8) is 0 Å². The van der Waals surface area contributed by atoms with Gasteiger partial charge in [0.15, 0.2) is 0 Å². The van der Waals surface area contributed by atoms with Gasteiger partial charge in [0.1, 0.15) is 5.75 Å². The number of hydrogen-bond acceptors (Lipinski definition) is 1. The van der Waals surface area contributed by atoms with Gasteiger partial charge < -0.3 is 4.74 Å². The number of benzene rings is 2. The first-order valence-electron chi connectivity index (χ1n) is 5.86. The number of ether oxygens (including phenoxy) is 1. The highest BCUT2D eigenvalue weighted by atomic mass is 35.5. The second-order valence-corrected chi connectivity index (χ2v) is 4.26. The fraction of sp³-hybridized carbons (Fsp3) is 0.0588. The average Bonchev–Trinajstić information content (AvgIpc) is 2.46. The van der Waals surface area contributed by atoms with E-state index < -0.39 is 0 Å². The zero-order chi connectivity index (χ0) is 13.5. The second kappa shape index (κ2) is 6.68. The van der Waals surface area contributed by atoms with E-state index in [0.29, 0.717) is 0 Å². The Balaban J connectivity index is 2.06. The Morgan fingerprint density at radius 1 is 1.05 bits per heavy atom. The largest absolute Gasteiger partial charge is 0.497 e. The molecule has 0 amide bonds. The summed E-state index contributed by atoms with van der Waals surface area (Å²) in [5.41, 5.74) is 1.91. The molecule has 2 heteroatoms. The van der Waals surface area contributed by atoms with Crippen LogP contribution in [-0.2, 0) is 0 Å². The number of hydrogen-bond donors (Lipinski definition) is 0. The summed E-state index contributed by atoms with van der Waals surface area (Å²) in [7, 11) is 1.65. The third-order valence-corrected chi connectivity index (χ3v) is 2.90. The summed E-state index contributed by atoms with van der Waals surface area (Å²) in [6.45, 7) is 0. The standard InChI is InChI=1S/C17H13ClO/c1-19-16-12-10-14(11-13-16)6-2-3-7-15-8-4-5-9-17(15)18/h3-5,7-13H,1H3/b7-3+. The highest BCUT2D eigenvalue weighted by Crippen LogP contribution is 2.16. The van der Waals surface area contributed by atoms with Gasteiger partial charge >= 0.3 is 0 Å². The number of allylic oxidation sites excluding steroid dienone is 1. The molecule has 0 aromatic heterocycles. The summed E-state index contributed by atoms with van der Waals surface area (Å²) < 4.78 is 5.09. The van der Waals surface area contributed by atoms with Gasteiger partial charge in [-0.3, -0.25) is 0 Å². The van der Waals surface area contributed by atoms with Crippen molar-refractivity contribution in [3.05, 3.63) is 70.8 Å². The highest BCUT2D eigenvalue weighted by molar-refractivity contribution is 6.32. The van der Waals surface area contributed by atoms with Gasteiger partial charge in [-0.2, -0.15) is 0 Å². The molecule has 0 saturated heterocycles. The van der Waals surface area contributed by atoms with Gasteiger partial charge in [-0.25, -0.2) is 0 Å². The molecule has 2 aromatic rings. The maximum Gasteiger partial charge on any atom is 0.118 e. The predicted molar refractivity (Wildman–Crippen MR) is 80.4 cm³/mol. The number of halogens is 1. The quantitative estimate of drug-likeness (QED) is 0.733. The Morgan fingerprint density at radius 3 is 2.47 bits per heavy atom. The van der Waals surface area contributed by atoms with Gasteiger partial charge in [-0.05, 0) is 48.0 Å². The van der Waals surface area contributed by atoms with Crippen LogP contribution in [0.3, 0.4) is 0 Å². The van der Waals surface area contributed by atoms with Crippen molar-refractivity contribution < 1.29 is 4.74 Å². The van der Waals surface area contributed by atoms with Gasteiger partial charge in [-0.1, -0.05) is 41.6 Å². The normalized spacial score (nSPS) is 10.0. The molecule has 0 atom stereocenters. The molecule has 0 aliphatic rings. The molecule has 0 radical (unpaired) electrons. The zero-order valence-electron chi connectivity index (χ0n) is 10.6. The molecule has 0 bridgehead atoms. The molecule has 0 aliphatic heterocycles. The molecule has 2 aromatic carbocycles. The van der Waals surface area contributed by atoms with E-state index in [4.69, 9.17) is 16.3 Å². The minimum absolute atomic E-state index is 0.727. The van der Waals surface area contributed by atoms with Gasteiger partial charge in [0.25, 0.3) is 0 Å². The Kier molecular flexibility index (Phi) is 4.66. The highest BCUT2D eigenvalue weighted by Gasteiger charge is 1.91. The Bertz CT molecular complexity index is 630. The number of methoxy groups -OCH3 is 1. The number of rotatable bonds is 2. The maximum absolute atomic E-state index is 6.04. The van der Waals surface area contributed by atoms with Gasteiger partial charge in [0.2, 0.25) is 0 Å². The van der Waals surface area contributed by atoms with Crippen molar-refractivity contribution in [3.8, 4) is 17.6 Å². The molecule has 0 saturated carbocycles. The molecule has 0 heterocycles. The third-order valence-electron chi connectivity index (χ3n) is 2.56. The second-order valence-electron chi connectivity index (χ2n) is 3.85. The lowest BCUT2D eigenvalue weighted by Gasteiger charge is -1.97. The van der Waals surface area contributed by atoms with Crippen LogP contribution in [0.4, 0.5) is 0 Å². The molecule has 0 fully saturated rings. The van der Waals surface area contributed by atoms with E-state index in [9.17, 15) is 0 Å². The van der Waals surface area contributed by atoms with Gasteiger partial charge in [-0.15, -0.1) is 0 Å². The zero-order valence-corrected chi connectivity index (χ0v) is 11.3. The molecule has 0 unspecified atom stereocenters. The van der Waals surface area contributed by atoms with Crippen LogP contribution in [0.2, 0.25) is 5.02 Å². The van der Waals surface area contributed by atoms with Crippen LogP contribution in [0.1, 0.15) is 11.1 Å². The summed E-state index contributed by atoms with van der Waals surface area (Å²) >= 11 is 6.04. The van der Waals surface area contributed by atoms with Gasteiger partial charge in [0.05, 0.1) is 7.11 Å². The fourth-order valence-corrected chi connectivity index (χ4v) is 1.74.